The van der Waals surface area contributed by atoms with E-state index >= 15 is 0 Å². The molecule has 0 fully saturated rings. The van der Waals surface area contributed by atoms with Crippen molar-refractivity contribution in [2.24, 2.45) is 0 Å². The number of ether oxygens (including phenoxy) is 3. The van der Waals surface area contributed by atoms with Gasteiger partial charge in [0.25, 0.3) is 5.91 Å². The molecule has 0 unspecified atom stereocenters. The van der Waals surface area contributed by atoms with Crippen molar-refractivity contribution >= 4 is 35.1 Å². The number of amides is 1. The SMILES string of the molecule is COC(=O)CNC(=O)c1ccc(Cl)c(Oc2ccc(OC)c(C(C)C)c2)c1Cl. The molecule has 0 spiro atoms. The molecule has 0 aliphatic carbocycles. The number of benzene rings is 2. The maximum absolute atomic E-state index is 12.3. The Hall–Kier alpha value is -2.44. The van der Waals surface area contributed by atoms with Gasteiger partial charge in [-0.15, -0.1) is 0 Å². The van der Waals surface area contributed by atoms with Crippen molar-refractivity contribution in [2.75, 3.05) is 20.8 Å². The third kappa shape index (κ3) is 5.09. The maximum Gasteiger partial charge on any atom is 0.325 e. The average molecular weight is 426 g/mol. The summed E-state index contributed by atoms with van der Waals surface area (Å²) in [4.78, 5) is 23.5. The van der Waals surface area contributed by atoms with Crippen LogP contribution in [0.25, 0.3) is 0 Å². The summed E-state index contributed by atoms with van der Waals surface area (Å²) >= 11 is 12.6. The van der Waals surface area contributed by atoms with Crippen LogP contribution in [0.3, 0.4) is 0 Å². The molecule has 1 amide bonds. The van der Waals surface area contributed by atoms with Gasteiger partial charge in [0, 0.05) is 5.56 Å². The van der Waals surface area contributed by atoms with Gasteiger partial charge < -0.3 is 19.5 Å². The lowest BCUT2D eigenvalue weighted by Gasteiger charge is -2.16. The predicted molar refractivity (Wildman–Crippen MR) is 108 cm³/mol. The molecule has 2 aromatic carbocycles. The second kappa shape index (κ2) is 9.66. The number of esters is 1. The van der Waals surface area contributed by atoms with Crippen molar-refractivity contribution < 1.29 is 23.8 Å². The highest BCUT2D eigenvalue weighted by atomic mass is 35.5. The van der Waals surface area contributed by atoms with Gasteiger partial charge in [0.05, 0.1) is 29.8 Å². The van der Waals surface area contributed by atoms with Crippen LogP contribution in [0, 0.1) is 0 Å². The molecule has 0 aromatic heterocycles. The zero-order valence-corrected chi connectivity index (χ0v) is 17.5. The molecule has 0 aliphatic rings. The number of hydrogen-bond acceptors (Lipinski definition) is 5. The molecule has 8 heteroatoms. The van der Waals surface area contributed by atoms with Crippen molar-refractivity contribution in [1.29, 1.82) is 0 Å². The standard InChI is InChI=1S/C20H21Cl2NO5/c1-11(2)14-9-12(5-8-16(14)26-3)28-19-15(21)7-6-13(18(19)22)20(25)23-10-17(24)27-4/h5-9,11H,10H2,1-4H3,(H,23,25). The van der Waals surface area contributed by atoms with Crippen molar-refractivity contribution in [3.63, 3.8) is 0 Å². The fourth-order valence-corrected chi connectivity index (χ4v) is 3.00. The quantitative estimate of drug-likeness (QED) is 0.643. The molecule has 2 aromatic rings. The lowest BCUT2D eigenvalue weighted by atomic mass is 10.0. The number of nitrogens with one attached hydrogen (secondary N) is 1. The number of hydrogen-bond donors (Lipinski definition) is 1. The first-order valence-corrected chi connectivity index (χ1v) is 9.22. The Kier molecular flexibility index (Phi) is 7.54. The van der Waals surface area contributed by atoms with Gasteiger partial charge in [-0.1, -0.05) is 37.0 Å². The summed E-state index contributed by atoms with van der Waals surface area (Å²) in [5, 5.41) is 2.71. The van der Waals surface area contributed by atoms with Gasteiger partial charge in [0.15, 0.2) is 5.75 Å². The summed E-state index contributed by atoms with van der Waals surface area (Å²) in [6.07, 6.45) is 0. The van der Waals surface area contributed by atoms with Gasteiger partial charge in [-0.05, 0) is 36.2 Å². The number of carbonyl (C=O) groups excluding carboxylic acids is 2. The first-order chi connectivity index (χ1) is 13.3. The minimum Gasteiger partial charge on any atom is -0.496 e. The third-order valence-electron chi connectivity index (χ3n) is 3.96. The summed E-state index contributed by atoms with van der Waals surface area (Å²) < 4.78 is 15.7. The van der Waals surface area contributed by atoms with Gasteiger partial charge in [-0.3, -0.25) is 9.59 Å². The topological polar surface area (TPSA) is 73.9 Å². The Labute approximate surface area is 173 Å². The van der Waals surface area contributed by atoms with E-state index < -0.39 is 11.9 Å². The molecule has 0 bridgehead atoms. The Morgan fingerprint density at radius 2 is 1.82 bits per heavy atom. The van der Waals surface area contributed by atoms with Gasteiger partial charge in [0.1, 0.15) is 18.0 Å². The molecule has 0 atom stereocenters. The number of carbonyl (C=O) groups is 2. The van der Waals surface area contributed by atoms with E-state index in [0.717, 1.165) is 11.3 Å². The second-order valence-electron chi connectivity index (χ2n) is 6.16. The fraction of sp³-hybridized carbons (Fsp3) is 0.300. The zero-order valence-electron chi connectivity index (χ0n) is 16.0. The maximum atomic E-state index is 12.3. The number of halogens is 2. The molecule has 0 saturated heterocycles. The lowest BCUT2D eigenvalue weighted by Crippen LogP contribution is -2.30. The first kappa shape index (κ1) is 21.9. The van der Waals surface area contributed by atoms with Gasteiger partial charge >= 0.3 is 5.97 Å². The van der Waals surface area contributed by atoms with E-state index in [-0.39, 0.29) is 33.8 Å². The van der Waals surface area contributed by atoms with E-state index in [1.807, 2.05) is 19.9 Å². The van der Waals surface area contributed by atoms with E-state index in [4.69, 9.17) is 32.7 Å². The molecule has 0 radical (unpaired) electrons. The first-order valence-electron chi connectivity index (χ1n) is 8.47. The molecule has 2 rings (SSSR count). The van der Waals surface area contributed by atoms with E-state index in [2.05, 4.69) is 10.1 Å². The van der Waals surface area contributed by atoms with E-state index in [9.17, 15) is 9.59 Å². The summed E-state index contributed by atoms with van der Waals surface area (Å²) in [6.45, 7) is 3.79. The van der Waals surface area contributed by atoms with E-state index in [1.54, 1.807) is 19.2 Å². The highest BCUT2D eigenvalue weighted by molar-refractivity contribution is 6.39. The van der Waals surface area contributed by atoms with Crippen LogP contribution < -0.4 is 14.8 Å². The lowest BCUT2D eigenvalue weighted by molar-refractivity contribution is -0.139. The smallest absolute Gasteiger partial charge is 0.325 e. The molecular weight excluding hydrogens is 405 g/mol. The largest absolute Gasteiger partial charge is 0.496 e. The normalized spacial score (nSPS) is 10.5. The molecule has 0 aliphatic heterocycles. The van der Waals surface area contributed by atoms with Gasteiger partial charge in [-0.2, -0.15) is 0 Å². The van der Waals surface area contributed by atoms with Crippen LogP contribution in [0.2, 0.25) is 10.0 Å². The number of methoxy groups -OCH3 is 2. The van der Waals surface area contributed by atoms with Crippen molar-refractivity contribution in [1.82, 2.24) is 5.32 Å². The summed E-state index contributed by atoms with van der Waals surface area (Å²) in [5.74, 6) is 0.480. The highest BCUT2D eigenvalue weighted by Gasteiger charge is 2.19. The van der Waals surface area contributed by atoms with Crippen molar-refractivity contribution in [2.45, 2.75) is 19.8 Å². The third-order valence-corrected chi connectivity index (χ3v) is 4.63. The molecule has 0 heterocycles. The van der Waals surface area contributed by atoms with Crippen LogP contribution in [0.15, 0.2) is 30.3 Å². The predicted octanol–water partition coefficient (Wildman–Crippen LogP) is 4.82. The van der Waals surface area contributed by atoms with Crippen LogP contribution in [-0.4, -0.2) is 32.6 Å². The fourth-order valence-electron chi connectivity index (χ4n) is 2.47. The molecular formula is C20H21Cl2NO5. The van der Waals surface area contributed by atoms with E-state index in [0.29, 0.717) is 5.75 Å². The second-order valence-corrected chi connectivity index (χ2v) is 6.94. The monoisotopic (exact) mass is 425 g/mol. The Balaban J connectivity index is 2.33. The Bertz CT molecular complexity index is 883. The Morgan fingerprint density at radius 3 is 2.43 bits per heavy atom. The number of rotatable bonds is 7. The zero-order chi connectivity index (χ0) is 20.8. The summed E-state index contributed by atoms with van der Waals surface area (Å²) in [6, 6.07) is 8.31. The van der Waals surface area contributed by atoms with E-state index in [1.165, 1.54) is 19.2 Å². The van der Waals surface area contributed by atoms with Crippen LogP contribution in [0.1, 0.15) is 35.7 Å². The average Bonchev–Trinajstić information content (AvgIpc) is 2.68. The molecule has 0 saturated carbocycles. The van der Waals surface area contributed by atoms with Crippen LogP contribution in [-0.2, 0) is 9.53 Å². The van der Waals surface area contributed by atoms with Gasteiger partial charge in [-0.25, -0.2) is 0 Å². The van der Waals surface area contributed by atoms with Crippen molar-refractivity contribution in [3.05, 3.63) is 51.5 Å². The van der Waals surface area contributed by atoms with Crippen molar-refractivity contribution in [3.8, 4) is 17.2 Å². The van der Waals surface area contributed by atoms with Gasteiger partial charge in [0.2, 0.25) is 0 Å². The minimum absolute atomic E-state index is 0.0387. The Morgan fingerprint density at radius 1 is 1.11 bits per heavy atom. The molecule has 28 heavy (non-hydrogen) atoms. The minimum atomic E-state index is -0.575. The summed E-state index contributed by atoms with van der Waals surface area (Å²) in [5.41, 5.74) is 1.08. The highest BCUT2D eigenvalue weighted by Crippen LogP contribution is 2.40. The summed E-state index contributed by atoms with van der Waals surface area (Å²) in [7, 11) is 2.84. The molecule has 1 N–H and O–H groups in total. The molecule has 6 nitrogen and oxygen atoms in total. The van der Waals surface area contributed by atoms with Crippen LogP contribution in [0.4, 0.5) is 0 Å². The molecule has 150 valence electrons. The van der Waals surface area contributed by atoms with Crippen LogP contribution in [0.5, 0.6) is 17.2 Å². The van der Waals surface area contributed by atoms with Crippen LogP contribution >= 0.6 is 23.2 Å².